The van der Waals surface area contributed by atoms with Gasteiger partial charge < -0.3 is 4.42 Å². The van der Waals surface area contributed by atoms with Crippen molar-refractivity contribution in [1.29, 1.82) is 0 Å². The van der Waals surface area contributed by atoms with Gasteiger partial charge in [0.25, 0.3) is 0 Å². The van der Waals surface area contributed by atoms with E-state index in [0.29, 0.717) is 11.0 Å². The molecule has 0 amide bonds. The highest BCUT2D eigenvalue weighted by atomic mass is 79.9. The van der Waals surface area contributed by atoms with Crippen LogP contribution in [0.2, 0.25) is 0 Å². The summed E-state index contributed by atoms with van der Waals surface area (Å²) in [5, 5.41) is 0.647. The molecule has 0 atom stereocenters. The zero-order chi connectivity index (χ0) is 10.6. The Morgan fingerprint density at radius 2 is 1.73 bits per heavy atom. The van der Waals surface area contributed by atoms with Gasteiger partial charge in [0.1, 0.15) is 0 Å². The summed E-state index contributed by atoms with van der Waals surface area (Å²) in [6.45, 7) is 0. The van der Waals surface area contributed by atoms with Crippen LogP contribution in [0.3, 0.4) is 0 Å². The molecule has 0 aliphatic carbocycles. The summed E-state index contributed by atoms with van der Waals surface area (Å²) in [5.41, 5.74) is 0.378. The van der Waals surface area contributed by atoms with Gasteiger partial charge in [-0.3, -0.25) is 0 Å². The number of halogens is 2. The van der Waals surface area contributed by atoms with Gasteiger partial charge in [0, 0.05) is 6.07 Å². The lowest BCUT2D eigenvalue weighted by Crippen LogP contribution is -1.95. The second kappa shape index (κ2) is 3.41. The van der Waals surface area contributed by atoms with Crippen LogP contribution in [0, 0.1) is 0 Å². The summed E-state index contributed by atoms with van der Waals surface area (Å²) in [4.78, 5) is 11.6. The lowest BCUT2D eigenvalue weighted by molar-refractivity contribution is 0.571. The Morgan fingerprint density at radius 3 is 2.53 bits per heavy atom. The molecule has 0 spiro atoms. The van der Waals surface area contributed by atoms with E-state index in [-0.39, 0.29) is 5.63 Å². The molecule has 76 valence electrons. The molecule has 3 rings (SSSR count). The van der Waals surface area contributed by atoms with E-state index in [1.807, 2.05) is 6.07 Å². The third kappa shape index (κ3) is 1.51. The quantitative estimate of drug-likeness (QED) is 0.583. The van der Waals surface area contributed by atoms with Crippen LogP contribution in [0.15, 0.2) is 28.9 Å². The Bertz CT molecular complexity index is 723. The van der Waals surface area contributed by atoms with Crippen molar-refractivity contribution in [3.8, 4) is 0 Å². The molecule has 15 heavy (non-hydrogen) atoms. The lowest BCUT2D eigenvalue weighted by atomic mass is 10.3. The summed E-state index contributed by atoms with van der Waals surface area (Å²) in [5.74, 6) is 0. The zero-order valence-corrected chi connectivity index (χ0v) is 11.8. The van der Waals surface area contributed by atoms with E-state index in [2.05, 4.69) is 31.9 Å². The second-order valence-electron chi connectivity index (χ2n) is 2.93. The standard InChI is InChI=1S/C9H2Br2O2S2/c10-5-1-3-7(14-5)8-4(13-9(3)12)2-6(11)15-8/h1-2H. The van der Waals surface area contributed by atoms with Crippen LogP contribution in [0.25, 0.3) is 20.4 Å². The maximum Gasteiger partial charge on any atom is 0.345 e. The monoisotopic (exact) mass is 364 g/mol. The van der Waals surface area contributed by atoms with Crippen molar-refractivity contribution in [2.24, 2.45) is 0 Å². The van der Waals surface area contributed by atoms with Gasteiger partial charge in [0.05, 0.1) is 22.4 Å². The smallest absolute Gasteiger partial charge is 0.345 e. The molecule has 0 aliphatic rings. The molecule has 0 aromatic carbocycles. The highest BCUT2D eigenvalue weighted by Gasteiger charge is 2.13. The highest BCUT2D eigenvalue weighted by molar-refractivity contribution is 9.11. The fourth-order valence-electron chi connectivity index (χ4n) is 1.42. The van der Waals surface area contributed by atoms with Crippen molar-refractivity contribution in [2.75, 3.05) is 0 Å². The van der Waals surface area contributed by atoms with Gasteiger partial charge in [0.15, 0.2) is 5.58 Å². The van der Waals surface area contributed by atoms with Crippen molar-refractivity contribution in [2.45, 2.75) is 0 Å². The molecular weight excluding hydrogens is 364 g/mol. The SMILES string of the molecule is O=c1oc2cc(Br)sc2c2sc(Br)cc12. The van der Waals surface area contributed by atoms with Crippen LogP contribution >= 0.6 is 54.5 Å². The van der Waals surface area contributed by atoms with Crippen LogP contribution in [0.5, 0.6) is 0 Å². The lowest BCUT2D eigenvalue weighted by Gasteiger charge is -1.89. The topological polar surface area (TPSA) is 30.2 Å². The molecule has 3 heterocycles. The minimum absolute atomic E-state index is 0.273. The van der Waals surface area contributed by atoms with Crippen molar-refractivity contribution in [3.05, 3.63) is 30.1 Å². The Balaban J connectivity index is 2.67. The summed E-state index contributed by atoms with van der Waals surface area (Å²) < 4.78 is 9.15. The molecule has 0 N–H and O–H groups in total. The van der Waals surface area contributed by atoms with Gasteiger partial charge in [-0.05, 0) is 37.9 Å². The number of hydrogen-bond acceptors (Lipinski definition) is 4. The summed E-state index contributed by atoms with van der Waals surface area (Å²) in [6.07, 6.45) is 0. The fourth-order valence-corrected chi connectivity index (χ4v) is 4.66. The van der Waals surface area contributed by atoms with E-state index >= 15 is 0 Å². The van der Waals surface area contributed by atoms with Crippen LogP contribution in [-0.2, 0) is 0 Å². The van der Waals surface area contributed by atoms with Gasteiger partial charge in [0.2, 0.25) is 0 Å². The molecule has 0 aliphatic heterocycles. The number of hydrogen-bond donors (Lipinski definition) is 0. The van der Waals surface area contributed by atoms with E-state index in [1.54, 1.807) is 28.7 Å². The molecular formula is C9H2Br2O2S2. The average molecular weight is 366 g/mol. The van der Waals surface area contributed by atoms with Crippen molar-refractivity contribution in [1.82, 2.24) is 0 Å². The van der Waals surface area contributed by atoms with Gasteiger partial charge >= 0.3 is 5.63 Å². The van der Waals surface area contributed by atoms with Crippen molar-refractivity contribution < 1.29 is 4.42 Å². The van der Waals surface area contributed by atoms with E-state index in [0.717, 1.165) is 17.0 Å². The first-order chi connectivity index (χ1) is 7.15. The number of thiophene rings is 2. The molecule has 0 fully saturated rings. The Kier molecular flexibility index (Phi) is 2.28. The van der Waals surface area contributed by atoms with E-state index in [4.69, 9.17) is 4.42 Å². The predicted octanol–water partition coefficient (Wildman–Crippen LogP) is 4.59. The van der Waals surface area contributed by atoms with Gasteiger partial charge in [-0.1, -0.05) is 0 Å². The molecule has 0 saturated heterocycles. The van der Waals surface area contributed by atoms with Crippen LogP contribution < -0.4 is 5.63 Å². The third-order valence-corrected chi connectivity index (χ3v) is 5.42. The second-order valence-corrected chi connectivity index (χ2v) is 7.79. The Morgan fingerprint density at radius 1 is 1.07 bits per heavy atom. The molecule has 0 radical (unpaired) electrons. The predicted molar refractivity (Wildman–Crippen MR) is 71.1 cm³/mol. The minimum Gasteiger partial charge on any atom is -0.421 e. The maximum atomic E-state index is 11.6. The zero-order valence-electron chi connectivity index (χ0n) is 7.04. The first-order valence-electron chi connectivity index (χ1n) is 3.96. The van der Waals surface area contributed by atoms with Gasteiger partial charge in [-0.25, -0.2) is 4.79 Å². The molecule has 0 bridgehead atoms. The Labute approximate surface area is 109 Å². The maximum absolute atomic E-state index is 11.6. The minimum atomic E-state index is -0.273. The number of rotatable bonds is 0. The van der Waals surface area contributed by atoms with Crippen LogP contribution in [0.4, 0.5) is 0 Å². The Hall–Kier alpha value is -0.170. The molecule has 3 aromatic rings. The molecule has 6 heteroatoms. The summed E-state index contributed by atoms with van der Waals surface area (Å²) in [6, 6.07) is 3.63. The largest absolute Gasteiger partial charge is 0.421 e. The van der Waals surface area contributed by atoms with Crippen molar-refractivity contribution in [3.63, 3.8) is 0 Å². The molecule has 0 saturated carbocycles. The third-order valence-electron chi connectivity index (χ3n) is 2.00. The molecule has 3 aromatic heterocycles. The fraction of sp³-hybridized carbons (Fsp3) is 0. The summed E-state index contributed by atoms with van der Waals surface area (Å²) >= 11 is 9.91. The van der Waals surface area contributed by atoms with E-state index < -0.39 is 0 Å². The summed E-state index contributed by atoms with van der Waals surface area (Å²) in [7, 11) is 0. The first-order valence-corrected chi connectivity index (χ1v) is 7.18. The van der Waals surface area contributed by atoms with Crippen LogP contribution in [-0.4, -0.2) is 0 Å². The van der Waals surface area contributed by atoms with Gasteiger partial charge in [-0.2, -0.15) is 0 Å². The van der Waals surface area contributed by atoms with E-state index in [1.165, 1.54) is 0 Å². The number of fused-ring (bicyclic) bond motifs is 3. The average Bonchev–Trinajstić information content (AvgIpc) is 2.68. The van der Waals surface area contributed by atoms with Crippen LogP contribution in [0.1, 0.15) is 0 Å². The van der Waals surface area contributed by atoms with Crippen molar-refractivity contribution >= 4 is 74.9 Å². The first kappa shape index (κ1) is 10.0. The van der Waals surface area contributed by atoms with E-state index in [9.17, 15) is 4.79 Å². The van der Waals surface area contributed by atoms with Gasteiger partial charge in [-0.15, -0.1) is 22.7 Å². The highest BCUT2D eigenvalue weighted by Crippen LogP contribution is 2.38. The molecule has 2 nitrogen and oxygen atoms in total. The molecule has 0 unspecified atom stereocenters. The normalized spacial score (nSPS) is 11.6.